The fourth-order valence-corrected chi connectivity index (χ4v) is 4.55. The van der Waals surface area contributed by atoms with Gasteiger partial charge in [-0.1, -0.05) is 47.5 Å². The summed E-state index contributed by atoms with van der Waals surface area (Å²) in [6.45, 7) is 3.53. The summed E-state index contributed by atoms with van der Waals surface area (Å²) in [7, 11) is 0. The van der Waals surface area contributed by atoms with Crippen LogP contribution < -0.4 is 21.5 Å². The molecule has 0 spiro atoms. The lowest BCUT2D eigenvalue weighted by Gasteiger charge is -2.08. The van der Waals surface area contributed by atoms with E-state index in [1.54, 1.807) is 111 Å². The summed E-state index contributed by atoms with van der Waals surface area (Å²) < 4.78 is 0. The number of rotatable bonds is 13. The van der Waals surface area contributed by atoms with Crippen molar-refractivity contribution in [1.82, 2.24) is 10.9 Å². The van der Waals surface area contributed by atoms with Gasteiger partial charge in [0.25, 0.3) is 11.8 Å². The molecule has 4 aromatic rings. The normalized spacial score (nSPS) is 11.4. The third-order valence-corrected chi connectivity index (χ3v) is 7.59. The van der Waals surface area contributed by atoms with Gasteiger partial charge in [-0.05, 0) is 111 Å². The summed E-state index contributed by atoms with van der Waals surface area (Å²) in [5.41, 5.74) is 10.1. The van der Waals surface area contributed by atoms with Gasteiger partial charge in [0.15, 0.2) is 0 Å². The van der Waals surface area contributed by atoms with E-state index >= 15 is 0 Å². The van der Waals surface area contributed by atoms with Crippen LogP contribution in [0.3, 0.4) is 0 Å². The van der Waals surface area contributed by atoms with E-state index in [-0.39, 0.29) is 36.5 Å². The van der Waals surface area contributed by atoms with Crippen LogP contribution in [0.4, 0.5) is 11.4 Å². The molecule has 0 aliphatic heterocycles. The highest BCUT2D eigenvalue weighted by atomic mass is 35.5. The number of hydrazone groups is 2. The average molecular weight is 686 g/mol. The summed E-state index contributed by atoms with van der Waals surface area (Å²) in [5.74, 6) is -1.02. The summed E-state index contributed by atoms with van der Waals surface area (Å²) in [6, 6.07) is 27.4. The number of unbranched alkanes of at least 4 members (excludes halogenated alkanes) is 1. The van der Waals surface area contributed by atoms with Crippen LogP contribution in [-0.4, -0.2) is 35.1 Å². The van der Waals surface area contributed by atoms with Crippen molar-refractivity contribution in [3.05, 3.63) is 129 Å². The summed E-state index contributed by atoms with van der Waals surface area (Å²) in [6.07, 6.45) is 1.43. The topological polar surface area (TPSA) is 141 Å². The van der Waals surface area contributed by atoms with Crippen LogP contribution in [0.5, 0.6) is 0 Å². The summed E-state index contributed by atoms with van der Waals surface area (Å²) in [5, 5.41) is 15.1. The second kappa shape index (κ2) is 17.6. The number of halogens is 2. The predicted octanol–water partition coefficient (Wildman–Crippen LogP) is 7.44. The predicted molar refractivity (Wildman–Crippen MR) is 191 cm³/mol. The molecule has 4 amide bonds. The molecule has 4 N–H and O–H groups in total. The monoisotopic (exact) mass is 684 g/mol. The van der Waals surface area contributed by atoms with Crippen molar-refractivity contribution in [2.45, 2.75) is 39.5 Å². The highest BCUT2D eigenvalue weighted by molar-refractivity contribution is 6.31. The molecule has 10 nitrogen and oxygen atoms in total. The third kappa shape index (κ3) is 11.2. The molecule has 0 saturated heterocycles. The van der Waals surface area contributed by atoms with Crippen LogP contribution >= 0.6 is 23.2 Å². The van der Waals surface area contributed by atoms with Gasteiger partial charge in [-0.3, -0.25) is 19.2 Å². The Bertz CT molecular complexity index is 1670. The van der Waals surface area contributed by atoms with Crippen molar-refractivity contribution < 1.29 is 19.2 Å². The Morgan fingerprint density at radius 1 is 0.500 bits per heavy atom. The van der Waals surface area contributed by atoms with Crippen molar-refractivity contribution in [3.8, 4) is 0 Å². The number of nitrogens with zero attached hydrogens (tertiary/aromatic N) is 2. The van der Waals surface area contributed by atoms with Crippen LogP contribution in [0.1, 0.15) is 71.4 Å². The first-order chi connectivity index (χ1) is 23.1. The van der Waals surface area contributed by atoms with Crippen molar-refractivity contribution in [1.29, 1.82) is 0 Å². The summed E-state index contributed by atoms with van der Waals surface area (Å²) >= 11 is 11.8. The Morgan fingerprint density at radius 2 is 0.812 bits per heavy atom. The number of benzene rings is 4. The number of anilines is 2. The largest absolute Gasteiger partial charge is 0.322 e. The molecule has 4 aromatic carbocycles. The molecule has 0 aliphatic rings. The highest BCUT2D eigenvalue weighted by Crippen LogP contribution is 2.16. The zero-order chi connectivity index (χ0) is 34.5. The lowest BCUT2D eigenvalue weighted by Crippen LogP contribution is -2.20. The Morgan fingerprint density at radius 3 is 1.15 bits per heavy atom. The van der Waals surface area contributed by atoms with Crippen LogP contribution in [-0.2, 0) is 9.59 Å². The van der Waals surface area contributed by atoms with E-state index in [0.29, 0.717) is 56.8 Å². The van der Waals surface area contributed by atoms with Crippen molar-refractivity contribution in [3.63, 3.8) is 0 Å². The van der Waals surface area contributed by atoms with E-state index in [1.165, 1.54) is 0 Å². The van der Waals surface area contributed by atoms with Crippen LogP contribution in [0.25, 0.3) is 0 Å². The summed E-state index contributed by atoms with van der Waals surface area (Å²) in [4.78, 5) is 49.3. The van der Waals surface area contributed by atoms with Gasteiger partial charge >= 0.3 is 0 Å². The van der Waals surface area contributed by atoms with Crippen molar-refractivity contribution in [2.24, 2.45) is 10.2 Å². The molecule has 0 aromatic heterocycles. The lowest BCUT2D eigenvalue weighted by molar-refractivity contribution is -0.123. The maximum Gasteiger partial charge on any atom is 0.255 e. The van der Waals surface area contributed by atoms with E-state index < -0.39 is 0 Å². The first-order valence-electron chi connectivity index (χ1n) is 15.1. The van der Waals surface area contributed by atoms with E-state index in [9.17, 15) is 19.2 Å². The van der Waals surface area contributed by atoms with Gasteiger partial charge in [0, 0.05) is 45.4 Å². The van der Waals surface area contributed by atoms with Gasteiger partial charge in [0.05, 0.1) is 11.4 Å². The second-order valence-electron chi connectivity index (χ2n) is 10.7. The molecule has 48 heavy (non-hydrogen) atoms. The smallest absolute Gasteiger partial charge is 0.255 e. The minimum Gasteiger partial charge on any atom is -0.322 e. The quantitative estimate of drug-likeness (QED) is 0.0660. The minimum atomic E-state index is -0.261. The van der Waals surface area contributed by atoms with Gasteiger partial charge in [0.2, 0.25) is 11.8 Å². The Kier molecular flexibility index (Phi) is 13.0. The molecule has 0 unspecified atom stereocenters. The molecular weight excluding hydrogens is 651 g/mol. The van der Waals surface area contributed by atoms with E-state index in [4.69, 9.17) is 23.2 Å². The van der Waals surface area contributed by atoms with Crippen LogP contribution in [0.2, 0.25) is 10.0 Å². The number of nitrogens with one attached hydrogen (secondary N) is 4. The van der Waals surface area contributed by atoms with Gasteiger partial charge in [-0.2, -0.15) is 10.2 Å². The molecule has 0 heterocycles. The van der Waals surface area contributed by atoms with Gasteiger partial charge in [0.1, 0.15) is 0 Å². The fraction of sp³-hybridized carbons (Fsp3) is 0.167. The van der Waals surface area contributed by atoms with Gasteiger partial charge < -0.3 is 10.6 Å². The van der Waals surface area contributed by atoms with E-state index in [2.05, 4.69) is 31.7 Å². The number of hydrogen-bond donors (Lipinski definition) is 4. The molecule has 0 saturated carbocycles. The zero-order valence-corrected chi connectivity index (χ0v) is 27.9. The molecular formula is C36H34Cl2N6O4. The molecule has 0 radical (unpaired) electrons. The Balaban J connectivity index is 1.13. The van der Waals surface area contributed by atoms with Crippen LogP contribution in [0, 0.1) is 0 Å². The molecule has 12 heteroatoms. The number of carbonyl (C=O) groups excluding carboxylic acids is 4. The standard InChI is InChI=1S/C36H34Cl2N6O4/c1-23(25-11-19-31(20-12-25)39-35(47)27-7-15-29(37)16-8-27)41-43-33(45)5-3-4-6-34(46)44-42-24(2)26-13-21-32(22-14-26)40-36(48)28-9-17-30(38)18-10-28/h7-22H,3-6H2,1-2H3,(H,39,47)(H,40,48)(H,43,45)(H,44,46)/b41-23+,42-24+. The number of amides is 4. The van der Waals surface area contributed by atoms with E-state index in [1.807, 2.05) is 0 Å². The minimum absolute atomic E-state index is 0.211. The number of carbonyl (C=O) groups is 4. The van der Waals surface area contributed by atoms with Gasteiger partial charge in [-0.15, -0.1) is 0 Å². The lowest BCUT2D eigenvalue weighted by atomic mass is 10.1. The van der Waals surface area contributed by atoms with Crippen molar-refractivity contribution in [2.75, 3.05) is 10.6 Å². The molecule has 0 aliphatic carbocycles. The maximum atomic E-state index is 12.4. The first-order valence-corrected chi connectivity index (χ1v) is 15.8. The van der Waals surface area contributed by atoms with Crippen LogP contribution in [0.15, 0.2) is 107 Å². The second-order valence-corrected chi connectivity index (χ2v) is 11.6. The average Bonchev–Trinajstić information content (AvgIpc) is 3.09. The molecule has 0 bridgehead atoms. The molecule has 0 atom stereocenters. The number of hydrogen-bond acceptors (Lipinski definition) is 6. The molecule has 4 rings (SSSR count). The molecule has 0 fully saturated rings. The zero-order valence-electron chi connectivity index (χ0n) is 26.3. The van der Waals surface area contributed by atoms with Crippen molar-refractivity contribution >= 4 is 69.6 Å². The Hall–Kier alpha value is -5.32. The highest BCUT2D eigenvalue weighted by Gasteiger charge is 2.09. The fourth-order valence-electron chi connectivity index (χ4n) is 4.30. The SMILES string of the molecule is C/C(=N\NC(=O)CCCCC(=O)N/N=C(\C)c1ccc(NC(=O)c2ccc(Cl)cc2)cc1)c1ccc(NC(=O)c2ccc(Cl)cc2)cc1. The maximum absolute atomic E-state index is 12.4. The third-order valence-electron chi connectivity index (χ3n) is 7.09. The van der Waals surface area contributed by atoms with E-state index in [0.717, 1.165) is 11.1 Å². The molecule has 246 valence electrons. The Labute approximate surface area is 288 Å². The van der Waals surface area contributed by atoms with Gasteiger partial charge in [-0.25, -0.2) is 10.9 Å². The first kappa shape index (κ1) is 35.5.